The predicted octanol–water partition coefficient (Wildman–Crippen LogP) is 3.67. The lowest BCUT2D eigenvalue weighted by atomic mass is 10.2. The van der Waals surface area contributed by atoms with Crippen LogP contribution in [0.3, 0.4) is 0 Å². The van der Waals surface area contributed by atoms with Crippen LogP contribution in [0.1, 0.15) is 20.0 Å². The largest absolute Gasteiger partial charge is 0.293 e. The van der Waals surface area contributed by atoms with E-state index in [1.54, 1.807) is 29.5 Å². The number of aromatic nitrogens is 3. The van der Waals surface area contributed by atoms with Crippen molar-refractivity contribution < 1.29 is 9.59 Å². The molecule has 120 valence electrons. The van der Waals surface area contributed by atoms with Crippen molar-refractivity contribution in [3.63, 3.8) is 0 Å². The van der Waals surface area contributed by atoms with E-state index in [0.717, 1.165) is 4.88 Å². The van der Waals surface area contributed by atoms with Crippen molar-refractivity contribution in [1.82, 2.24) is 14.8 Å². The molecule has 0 bridgehead atoms. The van der Waals surface area contributed by atoms with Crippen LogP contribution < -0.4 is 0 Å². The number of thioether (sulfide) groups is 1. The molecule has 3 rings (SSSR count). The van der Waals surface area contributed by atoms with Gasteiger partial charge in [-0.25, -0.2) is 4.57 Å². The van der Waals surface area contributed by atoms with Crippen molar-refractivity contribution in [2.45, 2.75) is 5.16 Å². The van der Waals surface area contributed by atoms with Crippen LogP contribution in [0.25, 0.3) is 6.08 Å². The van der Waals surface area contributed by atoms with E-state index in [1.165, 1.54) is 28.7 Å². The highest BCUT2D eigenvalue weighted by molar-refractivity contribution is 7.99. The van der Waals surface area contributed by atoms with E-state index < -0.39 is 0 Å². The average molecular weight is 355 g/mol. The average Bonchev–Trinajstić information content (AvgIpc) is 3.30. The molecule has 0 saturated carbocycles. The lowest BCUT2D eigenvalue weighted by molar-refractivity contribution is 0.0957. The summed E-state index contributed by atoms with van der Waals surface area (Å²) < 4.78 is 1.34. The zero-order valence-corrected chi connectivity index (χ0v) is 14.2. The minimum absolute atomic E-state index is 0.0169. The SMILES string of the molecule is O=C(CSc1nncn1C(=O)/C=C/c1cccs1)c1ccccc1. The van der Waals surface area contributed by atoms with Gasteiger partial charge in [-0.15, -0.1) is 21.5 Å². The summed E-state index contributed by atoms with van der Waals surface area (Å²) in [7, 11) is 0. The van der Waals surface area contributed by atoms with Crippen LogP contribution in [0.5, 0.6) is 0 Å². The molecule has 0 radical (unpaired) electrons. The zero-order valence-electron chi connectivity index (χ0n) is 12.5. The first kappa shape index (κ1) is 16.4. The Morgan fingerprint density at radius 1 is 1.17 bits per heavy atom. The fraction of sp³-hybridized carbons (Fsp3) is 0.0588. The third-order valence-electron chi connectivity index (χ3n) is 3.12. The molecular weight excluding hydrogens is 342 g/mol. The molecule has 0 N–H and O–H groups in total. The topological polar surface area (TPSA) is 64.8 Å². The van der Waals surface area contributed by atoms with Gasteiger partial charge in [-0.2, -0.15) is 0 Å². The van der Waals surface area contributed by atoms with Crippen molar-refractivity contribution >= 4 is 40.9 Å². The summed E-state index contributed by atoms with van der Waals surface area (Å²) in [5.74, 6) is -0.0651. The molecule has 1 aromatic carbocycles. The van der Waals surface area contributed by atoms with Gasteiger partial charge in [0.2, 0.25) is 0 Å². The molecule has 0 aliphatic rings. The summed E-state index contributed by atoms with van der Waals surface area (Å²) in [5, 5.41) is 10.0. The van der Waals surface area contributed by atoms with E-state index >= 15 is 0 Å². The number of carbonyl (C=O) groups is 2. The molecule has 7 heteroatoms. The smallest absolute Gasteiger partial charge is 0.258 e. The molecule has 24 heavy (non-hydrogen) atoms. The minimum atomic E-state index is -0.247. The standard InChI is InChI=1S/C17H13N3O2S2/c21-15(13-5-2-1-3-6-13)11-24-17-19-18-12-20(17)16(22)9-8-14-7-4-10-23-14/h1-10,12H,11H2/b9-8+. The molecule has 0 atom stereocenters. The monoisotopic (exact) mass is 355 g/mol. The maximum Gasteiger partial charge on any atom is 0.258 e. The second kappa shape index (κ2) is 7.85. The van der Waals surface area contributed by atoms with Crippen LogP contribution in [-0.4, -0.2) is 32.2 Å². The summed E-state index contributed by atoms with van der Waals surface area (Å²) in [6.07, 6.45) is 4.57. The fourth-order valence-electron chi connectivity index (χ4n) is 1.93. The Kier molecular flexibility index (Phi) is 5.35. The first-order chi connectivity index (χ1) is 11.7. The Bertz CT molecular complexity index is 855. The number of rotatable bonds is 6. The van der Waals surface area contributed by atoms with Gasteiger partial charge < -0.3 is 0 Å². The van der Waals surface area contributed by atoms with Gasteiger partial charge >= 0.3 is 0 Å². The van der Waals surface area contributed by atoms with Crippen LogP contribution in [0.2, 0.25) is 0 Å². The van der Waals surface area contributed by atoms with E-state index in [4.69, 9.17) is 0 Å². The third-order valence-corrected chi connectivity index (χ3v) is 4.90. The summed E-state index contributed by atoms with van der Waals surface area (Å²) >= 11 is 2.74. The van der Waals surface area contributed by atoms with Gasteiger partial charge in [0.15, 0.2) is 10.9 Å². The van der Waals surface area contributed by atoms with Crippen molar-refractivity contribution in [3.8, 4) is 0 Å². The fourth-order valence-corrected chi connectivity index (χ4v) is 3.36. The zero-order chi connectivity index (χ0) is 16.8. The van der Waals surface area contributed by atoms with Crippen LogP contribution >= 0.6 is 23.1 Å². The van der Waals surface area contributed by atoms with Crippen molar-refractivity contribution in [2.24, 2.45) is 0 Å². The number of carbonyl (C=O) groups excluding carboxylic acids is 2. The van der Waals surface area contributed by atoms with E-state index in [9.17, 15) is 9.59 Å². The molecule has 0 aliphatic heterocycles. The quantitative estimate of drug-likeness (QED) is 0.383. The second-order valence-corrected chi connectivity index (χ2v) is 6.67. The molecule has 2 aromatic heterocycles. The van der Waals surface area contributed by atoms with Crippen LogP contribution in [0.4, 0.5) is 0 Å². The number of benzene rings is 1. The molecule has 0 fully saturated rings. The van der Waals surface area contributed by atoms with Crippen molar-refractivity contribution in [2.75, 3.05) is 5.75 Å². The number of ketones is 1. The summed E-state index contributed by atoms with van der Waals surface area (Å²) in [5.41, 5.74) is 0.639. The van der Waals surface area contributed by atoms with Crippen molar-refractivity contribution in [3.05, 3.63) is 70.7 Å². The van der Waals surface area contributed by atoms with Gasteiger partial charge in [-0.1, -0.05) is 48.2 Å². The lowest BCUT2D eigenvalue weighted by Gasteiger charge is -2.02. The highest BCUT2D eigenvalue weighted by Crippen LogP contribution is 2.17. The Labute approximate surface area is 147 Å². The molecule has 0 aliphatic carbocycles. The highest BCUT2D eigenvalue weighted by atomic mass is 32.2. The first-order valence-electron chi connectivity index (χ1n) is 7.11. The van der Waals surface area contributed by atoms with E-state index in [0.29, 0.717) is 10.7 Å². The number of hydrogen-bond donors (Lipinski definition) is 0. The van der Waals surface area contributed by atoms with E-state index in [2.05, 4.69) is 10.2 Å². The lowest BCUT2D eigenvalue weighted by Crippen LogP contribution is -2.09. The minimum Gasteiger partial charge on any atom is -0.293 e. The molecular formula is C17H13N3O2S2. The third kappa shape index (κ3) is 4.06. The van der Waals surface area contributed by atoms with Gasteiger partial charge in [-0.3, -0.25) is 9.59 Å². The first-order valence-corrected chi connectivity index (χ1v) is 8.97. The van der Waals surface area contributed by atoms with Crippen LogP contribution in [-0.2, 0) is 0 Å². The molecule has 5 nitrogen and oxygen atoms in total. The number of hydrogen-bond acceptors (Lipinski definition) is 6. The Morgan fingerprint density at radius 2 is 2.00 bits per heavy atom. The number of allylic oxidation sites excluding steroid dienone is 1. The molecule has 0 saturated heterocycles. The maximum absolute atomic E-state index is 12.2. The molecule has 0 spiro atoms. The van der Waals surface area contributed by atoms with E-state index in [-0.39, 0.29) is 17.4 Å². The highest BCUT2D eigenvalue weighted by Gasteiger charge is 2.13. The second-order valence-electron chi connectivity index (χ2n) is 4.75. The Morgan fingerprint density at radius 3 is 2.75 bits per heavy atom. The van der Waals surface area contributed by atoms with Gasteiger partial charge in [0.05, 0.1) is 5.75 Å². The van der Waals surface area contributed by atoms with Gasteiger partial charge in [0.1, 0.15) is 6.33 Å². The summed E-state index contributed by atoms with van der Waals surface area (Å²) in [4.78, 5) is 25.4. The normalized spacial score (nSPS) is 11.0. The molecule has 0 unspecified atom stereocenters. The number of Topliss-reactive ketones (excluding diaryl/α,β-unsaturated/α-hetero) is 1. The summed E-state index contributed by atoms with van der Waals surface area (Å²) in [6.45, 7) is 0. The van der Waals surface area contributed by atoms with Crippen molar-refractivity contribution in [1.29, 1.82) is 0 Å². The Balaban J connectivity index is 1.65. The number of nitrogens with zero attached hydrogens (tertiary/aromatic N) is 3. The van der Waals surface area contributed by atoms with Crippen LogP contribution in [0, 0.1) is 0 Å². The van der Waals surface area contributed by atoms with Gasteiger partial charge in [-0.05, 0) is 17.5 Å². The van der Waals surface area contributed by atoms with Crippen LogP contribution in [0.15, 0.2) is 65.4 Å². The van der Waals surface area contributed by atoms with Gasteiger partial charge in [0, 0.05) is 16.5 Å². The van der Waals surface area contributed by atoms with E-state index in [1.807, 2.05) is 35.7 Å². The van der Waals surface area contributed by atoms with Gasteiger partial charge in [0.25, 0.3) is 5.91 Å². The summed E-state index contributed by atoms with van der Waals surface area (Å²) in [6, 6.07) is 12.9. The molecule has 3 aromatic rings. The number of thiophene rings is 1. The predicted molar refractivity (Wildman–Crippen MR) is 95.5 cm³/mol. The molecule has 2 heterocycles. The Hall–Kier alpha value is -2.51. The maximum atomic E-state index is 12.2. The molecule has 0 amide bonds.